The Morgan fingerprint density at radius 2 is 2.29 bits per heavy atom. The molecule has 96 valence electrons. The summed E-state index contributed by atoms with van der Waals surface area (Å²) >= 11 is 0. The number of rotatable bonds is 7. The van der Waals surface area contributed by atoms with Crippen LogP contribution in [0.25, 0.3) is 0 Å². The molecule has 0 spiro atoms. The van der Waals surface area contributed by atoms with Crippen LogP contribution in [0.3, 0.4) is 0 Å². The highest BCUT2D eigenvalue weighted by Crippen LogP contribution is 1.94. The Kier molecular flexibility index (Phi) is 5.86. The van der Waals surface area contributed by atoms with Gasteiger partial charge >= 0.3 is 0 Å². The van der Waals surface area contributed by atoms with E-state index in [9.17, 15) is 4.79 Å². The second-order valence-electron chi connectivity index (χ2n) is 4.35. The van der Waals surface area contributed by atoms with E-state index in [1.165, 1.54) is 0 Å². The second kappa shape index (κ2) is 7.19. The molecule has 0 unspecified atom stereocenters. The Balaban J connectivity index is 2.54. The first kappa shape index (κ1) is 13.9. The van der Waals surface area contributed by atoms with Crippen LogP contribution in [-0.2, 0) is 17.9 Å². The summed E-state index contributed by atoms with van der Waals surface area (Å²) in [6.07, 6.45) is 1.61. The lowest BCUT2D eigenvalue weighted by molar-refractivity contribution is 0.128. The van der Waals surface area contributed by atoms with Gasteiger partial charge in [0.25, 0.3) is 5.56 Å². The third-order valence-electron chi connectivity index (χ3n) is 2.24. The summed E-state index contributed by atoms with van der Waals surface area (Å²) in [7, 11) is 0. The summed E-state index contributed by atoms with van der Waals surface area (Å²) in [5, 5.41) is 3.21. The van der Waals surface area contributed by atoms with Gasteiger partial charge in [-0.1, -0.05) is 13.8 Å². The number of nitrogens with zero attached hydrogens (tertiary/aromatic N) is 1. The second-order valence-corrected chi connectivity index (χ2v) is 4.35. The fourth-order valence-electron chi connectivity index (χ4n) is 1.35. The number of hydrogen-bond donors (Lipinski definition) is 2. The molecule has 0 bridgehead atoms. The molecule has 0 aliphatic heterocycles. The number of ether oxygens (including phenoxy) is 1. The molecule has 1 aromatic rings. The van der Waals surface area contributed by atoms with Crippen LogP contribution in [0, 0.1) is 5.92 Å². The summed E-state index contributed by atoms with van der Waals surface area (Å²) in [5.74, 6) is 1.14. The lowest BCUT2D eigenvalue weighted by atomic mass is 10.2. The quantitative estimate of drug-likeness (QED) is 0.746. The first-order chi connectivity index (χ1) is 8.13. The summed E-state index contributed by atoms with van der Waals surface area (Å²) in [5.41, 5.74) is 0.567. The monoisotopic (exact) mass is 239 g/mol. The zero-order valence-electron chi connectivity index (χ0n) is 10.7. The maximum absolute atomic E-state index is 11.7. The molecular weight excluding hydrogens is 218 g/mol. The van der Waals surface area contributed by atoms with E-state index < -0.39 is 0 Å². The van der Waals surface area contributed by atoms with Gasteiger partial charge in [-0.3, -0.25) is 4.79 Å². The minimum absolute atomic E-state index is 0.0917. The summed E-state index contributed by atoms with van der Waals surface area (Å²) in [6, 6.07) is 0. The highest BCUT2D eigenvalue weighted by Gasteiger charge is 2.03. The molecule has 1 rings (SSSR count). The van der Waals surface area contributed by atoms with E-state index in [1.54, 1.807) is 6.20 Å². The lowest BCUT2D eigenvalue weighted by Crippen LogP contribution is -2.25. The molecule has 0 atom stereocenters. The number of aromatic nitrogens is 2. The van der Waals surface area contributed by atoms with Gasteiger partial charge in [0.1, 0.15) is 12.4 Å². The number of aromatic amines is 1. The molecule has 0 aliphatic rings. The summed E-state index contributed by atoms with van der Waals surface area (Å²) < 4.78 is 5.18. The maximum Gasteiger partial charge on any atom is 0.255 e. The Morgan fingerprint density at radius 3 is 2.88 bits per heavy atom. The normalized spacial score (nSPS) is 11.1. The van der Waals surface area contributed by atoms with Crippen LogP contribution < -0.4 is 10.9 Å². The highest BCUT2D eigenvalue weighted by atomic mass is 16.5. The van der Waals surface area contributed by atoms with Crippen molar-refractivity contribution in [1.29, 1.82) is 0 Å². The van der Waals surface area contributed by atoms with Gasteiger partial charge in [-0.05, 0) is 19.4 Å². The van der Waals surface area contributed by atoms with Gasteiger partial charge < -0.3 is 15.0 Å². The van der Waals surface area contributed by atoms with E-state index in [4.69, 9.17) is 4.74 Å². The van der Waals surface area contributed by atoms with Crippen molar-refractivity contribution in [3.8, 4) is 0 Å². The highest BCUT2D eigenvalue weighted by molar-refractivity contribution is 5.05. The third-order valence-corrected chi connectivity index (χ3v) is 2.24. The van der Waals surface area contributed by atoms with Crippen LogP contribution in [0.5, 0.6) is 0 Å². The van der Waals surface area contributed by atoms with Crippen LogP contribution >= 0.6 is 0 Å². The van der Waals surface area contributed by atoms with Crippen molar-refractivity contribution in [2.24, 2.45) is 5.92 Å². The van der Waals surface area contributed by atoms with Crippen molar-refractivity contribution < 1.29 is 4.74 Å². The molecule has 0 amide bonds. The first-order valence-corrected chi connectivity index (χ1v) is 5.99. The van der Waals surface area contributed by atoms with E-state index in [0.29, 0.717) is 37.1 Å². The molecule has 0 radical (unpaired) electrons. The summed E-state index contributed by atoms with van der Waals surface area (Å²) in [6.45, 7) is 8.56. The van der Waals surface area contributed by atoms with E-state index in [2.05, 4.69) is 29.1 Å². The summed E-state index contributed by atoms with van der Waals surface area (Å²) in [4.78, 5) is 18.6. The minimum atomic E-state index is -0.0917. The van der Waals surface area contributed by atoms with Crippen LogP contribution in [0.1, 0.15) is 32.2 Å². The number of nitrogens with one attached hydrogen (secondary N) is 2. The van der Waals surface area contributed by atoms with Crippen LogP contribution in [0.2, 0.25) is 0 Å². The van der Waals surface area contributed by atoms with Crippen molar-refractivity contribution in [3.63, 3.8) is 0 Å². The molecule has 0 saturated carbocycles. The Labute approximate surface area is 102 Å². The van der Waals surface area contributed by atoms with Gasteiger partial charge in [0.2, 0.25) is 0 Å². The molecule has 5 nitrogen and oxygen atoms in total. The van der Waals surface area contributed by atoms with Crippen molar-refractivity contribution >= 4 is 0 Å². The Morgan fingerprint density at radius 1 is 1.53 bits per heavy atom. The molecule has 0 aliphatic carbocycles. The molecule has 1 aromatic heterocycles. The molecule has 2 N–H and O–H groups in total. The average molecular weight is 239 g/mol. The van der Waals surface area contributed by atoms with Gasteiger partial charge in [-0.15, -0.1) is 0 Å². The third kappa shape index (κ3) is 5.10. The van der Waals surface area contributed by atoms with Gasteiger partial charge in [0.05, 0.1) is 0 Å². The largest absolute Gasteiger partial charge is 0.374 e. The zero-order valence-corrected chi connectivity index (χ0v) is 10.7. The van der Waals surface area contributed by atoms with Crippen LogP contribution in [-0.4, -0.2) is 23.1 Å². The smallest absolute Gasteiger partial charge is 0.255 e. The van der Waals surface area contributed by atoms with E-state index in [0.717, 1.165) is 6.54 Å². The average Bonchev–Trinajstić information content (AvgIpc) is 2.28. The van der Waals surface area contributed by atoms with E-state index in [-0.39, 0.29) is 5.56 Å². The van der Waals surface area contributed by atoms with Gasteiger partial charge in [0.15, 0.2) is 0 Å². The van der Waals surface area contributed by atoms with Crippen molar-refractivity contribution in [2.45, 2.75) is 33.9 Å². The fourth-order valence-corrected chi connectivity index (χ4v) is 1.35. The predicted octanol–water partition coefficient (Wildman–Crippen LogP) is 1.05. The Bertz CT molecular complexity index is 388. The minimum Gasteiger partial charge on any atom is -0.374 e. The van der Waals surface area contributed by atoms with E-state index >= 15 is 0 Å². The van der Waals surface area contributed by atoms with Gasteiger partial charge in [0, 0.05) is 24.9 Å². The standard InChI is InChI=1S/C12H21N3O2/c1-4-17-8-11-14-7-10(12(16)15-11)6-13-5-9(2)3/h7,9,13H,4-6,8H2,1-3H3,(H,14,15,16). The fraction of sp³-hybridized carbons (Fsp3) is 0.667. The van der Waals surface area contributed by atoms with Gasteiger partial charge in [-0.2, -0.15) is 0 Å². The predicted molar refractivity (Wildman–Crippen MR) is 66.7 cm³/mol. The molecular formula is C12H21N3O2. The van der Waals surface area contributed by atoms with E-state index in [1.807, 2.05) is 6.92 Å². The first-order valence-electron chi connectivity index (χ1n) is 5.99. The number of hydrogen-bond acceptors (Lipinski definition) is 4. The van der Waals surface area contributed by atoms with Crippen molar-refractivity contribution in [3.05, 3.63) is 27.9 Å². The molecule has 5 heteroatoms. The molecule has 1 heterocycles. The molecule has 17 heavy (non-hydrogen) atoms. The number of H-pyrrole nitrogens is 1. The van der Waals surface area contributed by atoms with Crippen molar-refractivity contribution in [2.75, 3.05) is 13.2 Å². The lowest BCUT2D eigenvalue weighted by Gasteiger charge is -2.07. The van der Waals surface area contributed by atoms with Crippen LogP contribution in [0.4, 0.5) is 0 Å². The Hall–Kier alpha value is -1.20. The molecule has 0 aromatic carbocycles. The zero-order chi connectivity index (χ0) is 12.7. The molecule has 0 saturated heterocycles. The maximum atomic E-state index is 11.7. The van der Waals surface area contributed by atoms with Crippen molar-refractivity contribution in [1.82, 2.24) is 15.3 Å². The SMILES string of the molecule is CCOCc1ncc(CNCC(C)C)c(=O)[nH]1. The van der Waals surface area contributed by atoms with Gasteiger partial charge in [-0.25, -0.2) is 4.98 Å². The molecule has 0 fully saturated rings. The van der Waals surface area contributed by atoms with Crippen LogP contribution in [0.15, 0.2) is 11.0 Å². The topological polar surface area (TPSA) is 67.0 Å².